The smallest absolute Gasteiger partial charge is 0.271 e. The minimum Gasteiger partial charge on any atom is -0.395 e. The summed E-state index contributed by atoms with van der Waals surface area (Å²) in [5, 5.41) is 7.45. The summed E-state index contributed by atoms with van der Waals surface area (Å²) in [7, 11) is 1.77. The van der Waals surface area contributed by atoms with Crippen molar-refractivity contribution < 1.29 is 4.79 Å². The SMILES string of the molecule is CCc1nn(C)c(C(=O)NC2CCC(C)CC2C)c1N. The van der Waals surface area contributed by atoms with E-state index < -0.39 is 0 Å². The summed E-state index contributed by atoms with van der Waals surface area (Å²) in [6, 6.07) is 0.248. The van der Waals surface area contributed by atoms with E-state index in [0.29, 0.717) is 17.3 Å². The molecule has 5 heteroatoms. The molecule has 0 aromatic carbocycles. The van der Waals surface area contributed by atoms with Crippen LogP contribution in [0, 0.1) is 11.8 Å². The fraction of sp³-hybridized carbons (Fsp3) is 0.733. The van der Waals surface area contributed by atoms with Crippen LogP contribution in [0.1, 0.15) is 56.2 Å². The van der Waals surface area contributed by atoms with Crippen molar-refractivity contribution in [3.8, 4) is 0 Å². The number of nitrogens with two attached hydrogens (primary N) is 1. The number of carbonyl (C=O) groups is 1. The average Bonchev–Trinajstić information content (AvgIpc) is 2.67. The Morgan fingerprint density at radius 2 is 2.15 bits per heavy atom. The first-order valence-corrected chi connectivity index (χ1v) is 7.56. The van der Waals surface area contributed by atoms with Crippen LogP contribution in [0.5, 0.6) is 0 Å². The highest BCUT2D eigenvalue weighted by atomic mass is 16.2. The minimum atomic E-state index is -0.0939. The molecule has 0 radical (unpaired) electrons. The Morgan fingerprint density at radius 1 is 1.45 bits per heavy atom. The zero-order chi connectivity index (χ0) is 14.9. The fourth-order valence-corrected chi connectivity index (χ4v) is 3.24. The van der Waals surface area contributed by atoms with Gasteiger partial charge in [0.25, 0.3) is 5.91 Å². The summed E-state index contributed by atoms with van der Waals surface area (Å²) in [5.41, 5.74) is 7.84. The number of anilines is 1. The van der Waals surface area contributed by atoms with Gasteiger partial charge in [0.15, 0.2) is 0 Å². The number of aryl methyl sites for hydroxylation is 2. The van der Waals surface area contributed by atoms with Crippen molar-refractivity contribution in [2.24, 2.45) is 18.9 Å². The van der Waals surface area contributed by atoms with Gasteiger partial charge in [-0.15, -0.1) is 0 Å². The van der Waals surface area contributed by atoms with Crippen molar-refractivity contribution in [3.05, 3.63) is 11.4 Å². The monoisotopic (exact) mass is 278 g/mol. The van der Waals surface area contributed by atoms with Crippen LogP contribution in [-0.2, 0) is 13.5 Å². The molecule has 2 rings (SSSR count). The average molecular weight is 278 g/mol. The number of rotatable bonds is 3. The van der Waals surface area contributed by atoms with Crippen LogP contribution in [0.4, 0.5) is 5.69 Å². The van der Waals surface area contributed by atoms with Gasteiger partial charge in [-0.1, -0.05) is 20.8 Å². The van der Waals surface area contributed by atoms with E-state index in [4.69, 9.17) is 5.73 Å². The molecule has 0 saturated heterocycles. The first kappa shape index (κ1) is 14.9. The Bertz CT molecular complexity index is 494. The van der Waals surface area contributed by atoms with E-state index in [1.807, 2.05) is 6.92 Å². The Hall–Kier alpha value is -1.52. The summed E-state index contributed by atoms with van der Waals surface area (Å²) in [6.07, 6.45) is 4.14. The number of nitrogens with one attached hydrogen (secondary N) is 1. The summed E-state index contributed by atoms with van der Waals surface area (Å²) < 4.78 is 1.60. The molecule has 1 fully saturated rings. The second kappa shape index (κ2) is 5.85. The van der Waals surface area contributed by atoms with Crippen LogP contribution in [-0.4, -0.2) is 21.7 Å². The molecule has 1 aromatic heterocycles. The first-order chi connectivity index (χ1) is 9.43. The second-order valence-electron chi connectivity index (χ2n) is 6.16. The molecule has 112 valence electrons. The van der Waals surface area contributed by atoms with Gasteiger partial charge >= 0.3 is 0 Å². The number of nitrogen functional groups attached to an aromatic ring is 1. The maximum Gasteiger partial charge on any atom is 0.271 e. The van der Waals surface area contributed by atoms with E-state index in [9.17, 15) is 4.79 Å². The lowest BCUT2D eigenvalue weighted by atomic mass is 9.80. The predicted molar refractivity (Wildman–Crippen MR) is 80.4 cm³/mol. The molecular weight excluding hydrogens is 252 g/mol. The van der Waals surface area contributed by atoms with Gasteiger partial charge < -0.3 is 11.1 Å². The van der Waals surface area contributed by atoms with Gasteiger partial charge in [-0.2, -0.15) is 5.10 Å². The number of hydrogen-bond donors (Lipinski definition) is 2. The molecular formula is C15H26N4O. The molecule has 5 nitrogen and oxygen atoms in total. The molecule has 3 N–H and O–H groups in total. The highest BCUT2D eigenvalue weighted by Gasteiger charge is 2.28. The zero-order valence-corrected chi connectivity index (χ0v) is 12.9. The van der Waals surface area contributed by atoms with Crippen molar-refractivity contribution in [2.75, 3.05) is 5.73 Å². The number of hydrogen-bond acceptors (Lipinski definition) is 3. The Labute approximate surface area is 120 Å². The predicted octanol–water partition coefficient (Wildman–Crippen LogP) is 2.12. The molecule has 3 atom stereocenters. The van der Waals surface area contributed by atoms with Gasteiger partial charge in [-0.05, 0) is 37.5 Å². The lowest BCUT2D eigenvalue weighted by Crippen LogP contribution is -2.43. The Morgan fingerprint density at radius 3 is 2.70 bits per heavy atom. The number of carbonyl (C=O) groups excluding carboxylic acids is 1. The summed E-state index contributed by atoms with van der Waals surface area (Å²) in [6.45, 7) is 6.48. The Kier molecular flexibility index (Phi) is 4.35. The zero-order valence-electron chi connectivity index (χ0n) is 12.9. The number of aromatic nitrogens is 2. The van der Waals surface area contributed by atoms with Crippen LogP contribution in [0.25, 0.3) is 0 Å². The highest BCUT2D eigenvalue weighted by Crippen LogP contribution is 2.29. The topological polar surface area (TPSA) is 72.9 Å². The van der Waals surface area contributed by atoms with E-state index in [1.165, 1.54) is 12.8 Å². The molecule has 1 aromatic rings. The molecule has 20 heavy (non-hydrogen) atoms. The van der Waals surface area contributed by atoms with Gasteiger partial charge in [-0.25, -0.2) is 0 Å². The lowest BCUT2D eigenvalue weighted by Gasteiger charge is -2.33. The van der Waals surface area contributed by atoms with Gasteiger partial charge in [-0.3, -0.25) is 9.48 Å². The van der Waals surface area contributed by atoms with Gasteiger partial charge in [0.1, 0.15) is 5.69 Å². The van der Waals surface area contributed by atoms with E-state index in [0.717, 1.165) is 24.5 Å². The van der Waals surface area contributed by atoms with E-state index >= 15 is 0 Å². The van der Waals surface area contributed by atoms with Crippen molar-refractivity contribution in [1.82, 2.24) is 15.1 Å². The van der Waals surface area contributed by atoms with Crippen molar-refractivity contribution >= 4 is 11.6 Å². The third kappa shape index (κ3) is 2.81. The molecule has 1 amide bonds. The summed E-state index contributed by atoms with van der Waals surface area (Å²) >= 11 is 0. The molecule has 3 unspecified atom stereocenters. The summed E-state index contributed by atoms with van der Waals surface area (Å²) in [4.78, 5) is 12.5. The second-order valence-corrected chi connectivity index (χ2v) is 6.16. The Balaban J connectivity index is 2.11. The standard InChI is InChI=1S/C15H26N4O/c1-5-11-13(16)14(19(4)18-11)15(20)17-12-7-6-9(2)8-10(12)3/h9-10,12H,5-8,16H2,1-4H3,(H,17,20). The van der Waals surface area contributed by atoms with Crippen molar-refractivity contribution in [2.45, 2.75) is 52.5 Å². The van der Waals surface area contributed by atoms with Crippen molar-refractivity contribution in [3.63, 3.8) is 0 Å². The van der Waals surface area contributed by atoms with Gasteiger partial charge in [0, 0.05) is 13.1 Å². The van der Waals surface area contributed by atoms with Crippen LogP contribution >= 0.6 is 0 Å². The first-order valence-electron chi connectivity index (χ1n) is 7.56. The van der Waals surface area contributed by atoms with Crippen molar-refractivity contribution in [1.29, 1.82) is 0 Å². The van der Waals surface area contributed by atoms with Crippen LogP contribution in [0.2, 0.25) is 0 Å². The molecule has 1 heterocycles. The van der Waals surface area contributed by atoms with Crippen LogP contribution < -0.4 is 11.1 Å². The molecule has 0 spiro atoms. The third-order valence-electron chi connectivity index (χ3n) is 4.46. The van der Waals surface area contributed by atoms with Gasteiger partial charge in [0.05, 0.1) is 11.4 Å². The van der Waals surface area contributed by atoms with Gasteiger partial charge in [0.2, 0.25) is 0 Å². The maximum atomic E-state index is 12.5. The molecule has 1 saturated carbocycles. The molecule has 0 bridgehead atoms. The third-order valence-corrected chi connectivity index (χ3v) is 4.46. The largest absolute Gasteiger partial charge is 0.395 e. The van der Waals surface area contributed by atoms with Crippen LogP contribution in [0.15, 0.2) is 0 Å². The maximum absolute atomic E-state index is 12.5. The number of nitrogens with zero attached hydrogens (tertiary/aromatic N) is 2. The minimum absolute atomic E-state index is 0.0939. The normalized spacial score (nSPS) is 26.5. The quantitative estimate of drug-likeness (QED) is 0.889. The molecule has 1 aliphatic rings. The van der Waals surface area contributed by atoms with E-state index in [-0.39, 0.29) is 11.9 Å². The fourth-order valence-electron chi connectivity index (χ4n) is 3.24. The summed E-state index contributed by atoms with van der Waals surface area (Å²) in [5.74, 6) is 1.18. The van der Waals surface area contributed by atoms with Crippen LogP contribution in [0.3, 0.4) is 0 Å². The molecule has 1 aliphatic carbocycles. The number of amides is 1. The van der Waals surface area contributed by atoms with E-state index in [1.54, 1.807) is 11.7 Å². The van der Waals surface area contributed by atoms with E-state index in [2.05, 4.69) is 24.3 Å². The highest BCUT2D eigenvalue weighted by molar-refractivity contribution is 5.98. The molecule has 0 aliphatic heterocycles. The lowest BCUT2D eigenvalue weighted by molar-refractivity contribution is 0.0891.